The van der Waals surface area contributed by atoms with Gasteiger partial charge in [0.05, 0.1) is 0 Å². The van der Waals surface area contributed by atoms with Gasteiger partial charge in [-0.2, -0.15) is 0 Å². The summed E-state index contributed by atoms with van der Waals surface area (Å²) in [5, 5.41) is 7.80. The van der Waals surface area contributed by atoms with E-state index < -0.39 is 17.7 Å². The molecule has 0 spiro atoms. The Hall–Kier alpha value is -4.79. The summed E-state index contributed by atoms with van der Waals surface area (Å²) < 4.78 is 0. The van der Waals surface area contributed by atoms with Crippen LogP contribution in [0.3, 0.4) is 0 Å². The van der Waals surface area contributed by atoms with Crippen molar-refractivity contribution in [2.75, 3.05) is 5.32 Å². The van der Waals surface area contributed by atoms with Crippen molar-refractivity contribution in [3.05, 3.63) is 107 Å². The fraction of sp³-hybridized carbons (Fsp3) is 0.0800. The lowest BCUT2D eigenvalue weighted by atomic mass is 10.1. The summed E-state index contributed by atoms with van der Waals surface area (Å²) in [6, 6.07) is 19.2. The summed E-state index contributed by atoms with van der Waals surface area (Å²) in [7, 11) is 0. The average molecular weight is 457 g/mol. The van der Waals surface area contributed by atoms with Gasteiger partial charge in [0.1, 0.15) is 11.4 Å². The van der Waals surface area contributed by atoms with E-state index in [4.69, 9.17) is 5.73 Å². The third kappa shape index (κ3) is 6.86. The monoisotopic (exact) mass is 456 g/mol. The molecule has 0 atom stereocenters. The maximum absolute atomic E-state index is 13.0. The van der Waals surface area contributed by atoms with Gasteiger partial charge in [-0.25, -0.2) is 9.97 Å². The largest absolute Gasteiger partial charge is 0.364 e. The fourth-order valence-corrected chi connectivity index (χ4v) is 2.94. The number of aryl methyl sites for hydroxylation is 2. The van der Waals surface area contributed by atoms with Gasteiger partial charge in [-0.1, -0.05) is 48.5 Å². The highest BCUT2D eigenvalue weighted by Crippen LogP contribution is 2.09. The molecular weight excluding hydrogens is 432 g/mol. The van der Waals surface area contributed by atoms with Crippen LogP contribution in [-0.2, 0) is 9.59 Å². The molecule has 0 bridgehead atoms. The van der Waals surface area contributed by atoms with Crippen molar-refractivity contribution in [3.8, 4) is 0 Å². The molecule has 3 aromatic rings. The summed E-state index contributed by atoms with van der Waals surface area (Å²) >= 11 is 0. The maximum Gasteiger partial charge on any atom is 0.272 e. The lowest BCUT2D eigenvalue weighted by molar-refractivity contribution is -0.120. The number of hydrogen-bond acceptors (Lipinski definition) is 6. The lowest BCUT2D eigenvalue weighted by Gasteiger charge is -2.12. The molecule has 1 heterocycles. The second kappa shape index (κ2) is 11.2. The van der Waals surface area contributed by atoms with Crippen LogP contribution in [0.4, 0.5) is 5.95 Å². The van der Waals surface area contributed by atoms with Gasteiger partial charge in [0, 0.05) is 23.2 Å². The first-order chi connectivity index (χ1) is 16.3. The van der Waals surface area contributed by atoms with Crippen molar-refractivity contribution >= 4 is 29.7 Å². The highest BCUT2D eigenvalue weighted by Gasteiger charge is 2.18. The first-order valence-electron chi connectivity index (χ1n) is 10.3. The smallest absolute Gasteiger partial charge is 0.272 e. The molecule has 3 rings (SSSR count). The molecule has 2 aromatic carbocycles. The number of carbonyl (C=O) groups is 3. The molecule has 3 amide bonds. The number of nitrogens with two attached hydrogens (primary N) is 1. The number of rotatable bonds is 8. The number of benzene rings is 2. The van der Waals surface area contributed by atoms with Crippen LogP contribution in [0.5, 0.6) is 0 Å². The molecule has 9 nitrogen and oxygen atoms in total. The van der Waals surface area contributed by atoms with Crippen LogP contribution in [0, 0.1) is 13.8 Å². The second-order valence-corrected chi connectivity index (χ2v) is 7.28. The van der Waals surface area contributed by atoms with Crippen molar-refractivity contribution < 1.29 is 14.4 Å². The van der Waals surface area contributed by atoms with Gasteiger partial charge in [0.15, 0.2) is 0 Å². The van der Waals surface area contributed by atoms with E-state index in [2.05, 4.69) is 25.9 Å². The Morgan fingerprint density at radius 2 is 1.41 bits per heavy atom. The SMILES string of the molecule is Cc1cc(C)nc(N/C=C(\NC(=O)/C(=C\c2ccccc2)NC(=O)c2ccccc2)C(N)=O)n1. The first kappa shape index (κ1) is 23.9. The van der Waals surface area contributed by atoms with Crippen LogP contribution in [0.2, 0.25) is 0 Å². The minimum atomic E-state index is -0.890. The molecule has 0 radical (unpaired) electrons. The average Bonchev–Trinajstić information content (AvgIpc) is 2.81. The molecular formula is C25H24N6O3. The Morgan fingerprint density at radius 1 is 0.824 bits per heavy atom. The molecule has 0 aliphatic heterocycles. The molecule has 0 fully saturated rings. The Labute approximate surface area is 196 Å². The predicted octanol–water partition coefficient (Wildman–Crippen LogP) is 2.42. The maximum atomic E-state index is 13.0. The summed E-state index contributed by atoms with van der Waals surface area (Å²) in [6.45, 7) is 3.60. The topological polar surface area (TPSA) is 139 Å². The molecule has 0 aliphatic carbocycles. The summed E-state index contributed by atoms with van der Waals surface area (Å²) in [5.41, 5.74) is 7.63. The van der Waals surface area contributed by atoms with Crippen LogP contribution < -0.4 is 21.7 Å². The third-order valence-electron chi connectivity index (χ3n) is 4.48. The van der Waals surface area contributed by atoms with E-state index in [1.54, 1.807) is 74.5 Å². The van der Waals surface area contributed by atoms with Gasteiger partial charge in [-0.15, -0.1) is 0 Å². The van der Waals surface area contributed by atoms with Gasteiger partial charge in [-0.05, 0) is 43.7 Å². The van der Waals surface area contributed by atoms with Crippen molar-refractivity contribution in [2.24, 2.45) is 5.73 Å². The number of aromatic nitrogens is 2. The van der Waals surface area contributed by atoms with E-state index in [9.17, 15) is 14.4 Å². The quantitative estimate of drug-likeness (QED) is 0.384. The number of hydrogen-bond donors (Lipinski definition) is 4. The van der Waals surface area contributed by atoms with Crippen molar-refractivity contribution in [3.63, 3.8) is 0 Å². The van der Waals surface area contributed by atoms with Gasteiger partial charge in [0.25, 0.3) is 17.7 Å². The summed E-state index contributed by atoms with van der Waals surface area (Å²) in [6.07, 6.45) is 2.70. The molecule has 9 heteroatoms. The lowest BCUT2D eigenvalue weighted by Crippen LogP contribution is -2.38. The molecule has 0 saturated heterocycles. The normalized spacial score (nSPS) is 11.5. The van der Waals surface area contributed by atoms with Gasteiger partial charge in [0.2, 0.25) is 5.95 Å². The number of nitrogens with zero attached hydrogens (tertiary/aromatic N) is 2. The zero-order chi connectivity index (χ0) is 24.5. The molecule has 0 saturated carbocycles. The summed E-state index contributed by atoms with van der Waals surface area (Å²) in [5.74, 6) is -1.87. The minimum absolute atomic E-state index is 0.0742. The van der Waals surface area contributed by atoms with Gasteiger partial charge < -0.3 is 21.7 Å². The Kier molecular flexibility index (Phi) is 7.85. The van der Waals surface area contributed by atoms with Gasteiger partial charge >= 0.3 is 0 Å². The van der Waals surface area contributed by atoms with E-state index in [0.717, 1.165) is 11.4 Å². The zero-order valence-corrected chi connectivity index (χ0v) is 18.7. The fourth-order valence-electron chi connectivity index (χ4n) is 2.94. The summed E-state index contributed by atoms with van der Waals surface area (Å²) in [4.78, 5) is 46.1. The molecule has 172 valence electrons. The number of carbonyl (C=O) groups excluding carboxylic acids is 3. The number of amides is 3. The minimum Gasteiger partial charge on any atom is -0.364 e. The Bertz CT molecular complexity index is 1230. The van der Waals surface area contributed by atoms with Crippen LogP contribution in [0.1, 0.15) is 27.3 Å². The third-order valence-corrected chi connectivity index (χ3v) is 4.48. The molecule has 0 unspecified atom stereocenters. The van der Waals surface area contributed by atoms with E-state index in [1.165, 1.54) is 12.3 Å². The van der Waals surface area contributed by atoms with Crippen LogP contribution in [0.15, 0.2) is 84.3 Å². The van der Waals surface area contributed by atoms with E-state index in [-0.39, 0.29) is 17.3 Å². The predicted molar refractivity (Wildman–Crippen MR) is 129 cm³/mol. The number of anilines is 1. The van der Waals surface area contributed by atoms with E-state index in [1.807, 2.05) is 6.07 Å². The molecule has 0 aliphatic rings. The van der Waals surface area contributed by atoms with Crippen LogP contribution >= 0.6 is 0 Å². The molecule has 5 N–H and O–H groups in total. The van der Waals surface area contributed by atoms with Crippen LogP contribution in [0.25, 0.3) is 6.08 Å². The van der Waals surface area contributed by atoms with Gasteiger partial charge in [-0.3, -0.25) is 14.4 Å². The van der Waals surface area contributed by atoms with E-state index in [0.29, 0.717) is 11.1 Å². The van der Waals surface area contributed by atoms with Crippen molar-refractivity contribution in [2.45, 2.75) is 13.8 Å². The Balaban J connectivity index is 1.85. The first-order valence-corrected chi connectivity index (χ1v) is 10.3. The Morgan fingerprint density at radius 3 is 2.00 bits per heavy atom. The highest BCUT2D eigenvalue weighted by atomic mass is 16.2. The van der Waals surface area contributed by atoms with Crippen molar-refractivity contribution in [1.82, 2.24) is 20.6 Å². The highest BCUT2D eigenvalue weighted by molar-refractivity contribution is 6.08. The van der Waals surface area contributed by atoms with E-state index >= 15 is 0 Å². The zero-order valence-electron chi connectivity index (χ0n) is 18.7. The standard InChI is InChI=1S/C25H24N6O3/c1-16-13-17(2)29-25(28-16)27-15-21(22(26)32)31-24(34)20(14-18-9-5-3-6-10-18)30-23(33)19-11-7-4-8-12-19/h3-15H,1-2H3,(H2,26,32)(H,30,33)(H,31,34)(H,27,28,29)/b20-14+,21-15-. The number of nitrogens with one attached hydrogen (secondary N) is 3. The van der Waals surface area contributed by atoms with Crippen molar-refractivity contribution in [1.29, 1.82) is 0 Å². The second-order valence-electron chi connectivity index (χ2n) is 7.28. The van der Waals surface area contributed by atoms with Crippen LogP contribution in [-0.4, -0.2) is 27.7 Å². The molecule has 34 heavy (non-hydrogen) atoms. The molecule has 1 aromatic heterocycles. The number of primary amides is 1.